The number of nitrogens with one attached hydrogen (secondary N) is 1. The van der Waals surface area contributed by atoms with Crippen LogP contribution >= 0.6 is 0 Å². The lowest BCUT2D eigenvalue weighted by atomic mass is 10.5. The highest BCUT2D eigenvalue weighted by Crippen LogP contribution is 2.22. The van der Waals surface area contributed by atoms with Gasteiger partial charge in [-0.25, -0.2) is 4.98 Å². The molecule has 2 aromatic rings. The monoisotopic (exact) mass is 251 g/mol. The average molecular weight is 251 g/mol. The number of ether oxygens (including phenoxy) is 1. The molecule has 2 aromatic heterocycles. The molecule has 6 nitrogen and oxygen atoms in total. The van der Waals surface area contributed by atoms with Crippen LogP contribution in [0.15, 0.2) is 18.6 Å². The molecule has 0 atom stereocenters. The molecule has 0 saturated heterocycles. The summed E-state index contributed by atoms with van der Waals surface area (Å²) in [7, 11) is 1.65. The molecule has 0 radical (unpaired) electrons. The van der Waals surface area contributed by atoms with E-state index in [0.717, 1.165) is 19.2 Å². The molecule has 2 rings (SSSR count). The van der Waals surface area contributed by atoms with Gasteiger partial charge in [0.2, 0.25) is 11.8 Å². The molecule has 1 N–H and O–H groups in total. The molecule has 96 valence electrons. The Hall–Kier alpha value is -2.18. The fraction of sp³-hybridized carbons (Fsp3) is 0.364. The van der Waals surface area contributed by atoms with Crippen LogP contribution in [0.5, 0.6) is 11.6 Å². The third kappa shape index (κ3) is 2.73. The second-order valence-corrected chi connectivity index (χ2v) is 3.64. The van der Waals surface area contributed by atoms with E-state index in [2.05, 4.69) is 20.4 Å². The molecule has 0 fully saturated rings. The summed E-state index contributed by atoms with van der Waals surface area (Å²) in [6, 6.07) is 0. The van der Waals surface area contributed by atoms with E-state index in [4.69, 9.17) is 4.74 Å². The summed E-state index contributed by atoms with van der Waals surface area (Å²) in [6.45, 7) is 2.84. The summed E-state index contributed by atoms with van der Waals surface area (Å²) in [4.78, 5) is 7.62. The van der Waals surface area contributed by atoms with Crippen molar-refractivity contribution in [3.8, 4) is 11.6 Å². The van der Waals surface area contributed by atoms with Crippen molar-refractivity contribution in [2.75, 3.05) is 12.4 Å². The van der Waals surface area contributed by atoms with E-state index in [1.54, 1.807) is 17.9 Å². The Bertz CT molecular complexity index is 528. The van der Waals surface area contributed by atoms with Gasteiger partial charge in [-0.15, -0.1) is 0 Å². The predicted molar refractivity (Wildman–Crippen MR) is 64.1 cm³/mol. The van der Waals surface area contributed by atoms with Gasteiger partial charge in [-0.05, 0) is 6.42 Å². The van der Waals surface area contributed by atoms with Gasteiger partial charge in [0, 0.05) is 13.6 Å². The van der Waals surface area contributed by atoms with E-state index in [-0.39, 0.29) is 5.88 Å². The maximum Gasteiger partial charge on any atom is 0.260 e. The summed E-state index contributed by atoms with van der Waals surface area (Å²) in [5.41, 5.74) is 0. The second kappa shape index (κ2) is 5.44. The molecule has 0 saturated carbocycles. The van der Waals surface area contributed by atoms with E-state index in [1.165, 1.54) is 6.20 Å². The molecule has 0 spiro atoms. The maximum absolute atomic E-state index is 13.4. The van der Waals surface area contributed by atoms with Gasteiger partial charge in [0.05, 0.1) is 18.6 Å². The minimum atomic E-state index is -0.614. The van der Waals surface area contributed by atoms with Gasteiger partial charge in [-0.2, -0.15) is 14.5 Å². The Kier molecular flexibility index (Phi) is 3.71. The zero-order valence-corrected chi connectivity index (χ0v) is 10.2. The molecule has 2 heterocycles. The molecule has 0 unspecified atom stereocenters. The molecule has 18 heavy (non-hydrogen) atoms. The molecule has 7 heteroatoms. The van der Waals surface area contributed by atoms with Crippen LogP contribution in [0.25, 0.3) is 0 Å². The van der Waals surface area contributed by atoms with Crippen molar-refractivity contribution < 1.29 is 9.13 Å². The number of anilines is 1. The maximum atomic E-state index is 13.4. The standard InChI is InChI=1S/C11H14FN5O/c1-3-4-17-7-8(5-15-17)18-10-9(12)6-14-11(13-2)16-10/h5-7H,3-4H2,1-2H3,(H,13,14,16). The van der Waals surface area contributed by atoms with Gasteiger partial charge in [0.1, 0.15) is 0 Å². The molecular weight excluding hydrogens is 237 g/mol. The lowest BCUT2D eigenvalue weighted by Gasteiger charge is -2.04. The van der Waals surface area contributed by atoms with E-state index in [9.17, 15) is 4.39 Å². The van der Waals surface area contributed by atoms with Gasteiger partial charge in [0.25, 0.3) is 5.88 Å². The largest absolute Gasteiger partial charge is 0.433 e. The van der Waals surface area contributed by atoms with E-state index in [0.29, 0.717) is 11.7 Å². The summed E-state index contributed by atoms with van der Waals surface area (Å²) in [5, 5.41) is 6.80. The molecule has 0 amide bonds. The first kappa shape index (κ1) is 12.3. The van der Waals surface area contributed by atoms with Crippen molar-refractivity contribution in [2.45, 2.75) is 19.9 Å². The van der Waals surface area contributed by atoms with Crippen molar-refractivity contribution in [1.29, 1.82) is 0 Å². The number of halogens is 1. The second-order valence-electron chi connectivity index (χ2n) is 3.64. The van der Waals surface area contributed by atoms with Crippen LogP contribution < -0.4 is 10.1 Å². The van der Waals surface area contributed by atoms with Crippen LogP contribution in [0.4, 0.5) is 10.3 Å². The summed E-state index contributed by atoms with van der Waals surface area (Å²) in [5.74, 6) is 0.0121. The third-order valence-electron chi connectivity index (χ3n) is 2.21. The van der Waals surface area contributed by atoms with Crippen LogP contribution in [0.3, 0.4) is 0 Å². The highest BCUT2D eigenvalue weighted by molar-refractivity contribution is 5.30. The van der Waals surface area contributed by atoms with Crippen molar-refractivity contribution in [3.05, 3.63) is 24.4 Å². The minimum absolute atomic E-state index is 0.120. The Morgan fingerprint density at radius 2 is 2.28 bits per heavy atom. The molecule has 0 aromatic carbocycles. The fourth-order valence-corrected chi connectivity index (χ4v) is 1.40. The Morgan fingerprint density at radius 1 is 1.44 bits per heavy atom. The van der Waals surface area contributed by atoms with E-state index >= 15 is 0 Å². The van der Waals surface area contributed by atoms with Crippen LogP contribution in [-0.2, 0) is 6.54 Å². The Morgan fingerprint density at radius 3 is 3.00 bits per heavy atom. The van der Waals surface area contributed by atoms with Gasteiger partial charge in [-0.1, -0.05) is 6.92 Å². The quantitative estimate of drug-likeness (QED) is 0.881. The van der Waals surface area contributed by atoms with Gasteiger partial charge in [0.15, 0.2) is 5.75 Å². The van der Waals surface area contributed by atoms with Crippen molar-refractivity contribution in [3.63, 3.8) is 0 Å². The molecule has 0 aliphatic carbocycles. The summed E-state index contributed by atoms with van der Waals surface area (Å²) < 4.78 is 20.5. The van der Waals surface area contributed by atoms with E-state index < -0.39 is 5.82 Å². The Balaban J connectivity index is 2.16. The van der Waals surface area contributed by atoms with Crippen molar-refractivity contribution >= 4 is 5.95 Å². The SMILES string of the molecule is CCCn1cc(Oc2nc(NC)ncc2F)cn1. The zero-order valence-electron chi connectivity index (χ0n) is 10.2. The van der Waals surface area contributed by atoms with Crippen LogP contribution in [0, 0.1) is 5.82 Å². The molecular formula is C11H14FN5O. The summed E-state index contributed by atoms with van der Waals surface area (Å²) in [6.07, 6.45) is 5.25. The first-order valence-electron chi connectivity index (χ1n) is 5.63. The highest BCUT2D eigenvalue weighted by Gasteiger charge is 2.10. The lowest BCUT2D eigenvalue weighted by molar-refractivity contribution is 0.420. The first-order chi connectivity index (χ1) is 8.72. The topological polar surface area (TPSA) is 64.9 Å². The average Bonchev–Trinajstić information content (AvgIpc) is 2.80. The number of rotatable bonds is 5. The number of hydrogen-bond acceptors (Lipinski definition) is 5. The smallest absolute Gasteiger partial charge is 0.260 e. The normalized spacial score (nSPS) is 10.4. The van der Waals surface area contributed by atoms with Crippen LogP contribution in [0.1, 0.15) is 13.3 Å². The lowest BCUT2D eigenvalue weighted by Crippen LogP contribution is -2.00. The van der Waals surface area contributed by atoms with Crippen LogP contribution in [0.2, 0.25) is 0 Å². The number of nitrogens with zero attached hydrogens (tertiary/aromatic N) is 4. The highest BCUT2D eigenvalue weighted by atomic mass is 19.1. The molecule has 0 aliphatic rings. The third-order valence-corrected chi connectivity index (χ3v) is 2.21. The molecule has 0 aliphatic heterocycles. The van der Waals surface area contributed by atoms with Crippen molar-refractivity contribution in [1.82, 2.24) is 19.7 Å². The van der Waals surface area contributed by atoms with Crippen LogP contribution in [-0.4, -0.2) is 26.8 Å². The number of aryl methyl sites for hydroxylation is 1. The van der Waals surface area contributed by atoms with Gasteiger partial charge in [-0.3, -0.25) is 4.68 Å². The van der Waals surface area contributed by atoms with E-state index in [1.807, 2.05) is 6.92 Å². The number of aromatic nitrogens is 4. The minimum Gasteiger partial charge on any atom is -0.433 e. The molecule has 0 bridgehead atoms. The first-order valence-corrected chi connectivity index (χ1v) is 5.63. The predicted octanol–water partition coefficient (Wildman–Crippen LogP) is 2.06. The van der Waals surface area contributed by atoms with Gasteiger partial charge >= 0.3 is 0 Å². The summed E-state index contributed by atoms with van der Waals surface area (Å²) >= 11 is 0. The van der Waals surface area contributed by atoms with Crippen molar-refractivity contribution in [2.24, 2.45) is 0 Å². The number of hydrogen-bond donors (Lipinski definition) is 1. The Labute approximate surface area is 104 Å². The zero-order chi connectivity index (χ0) is 13.0. The van der Waals surface area contributed by atoms with Gasteiger partial charge < -0.3 is 10.1 Å². The fourth-order valence-electron chi connectivity index (χ4n) is 1.40.